The normalized spacial score (nSPS) is 13.3. The van der Waals surface area contributed by atoms with Gasteiger partial charge in [-0.05, 0) is 201 Å². The van der Waals surface area contributed by atoms with E-state index < -0.39 is 0 Å². The van der Waals surface area contributed by atoms with Gasteiger partial charge in [-0.3, -0.25) is 0 Å². The fourth-order valence-corrected chi connectivity index (χ4v) is 15.2. The van der Waals surface area contributed by atoms with E-state index in [0.717, 1.165) is 151 Å². The van der Waals surface area contributed by atoms with Crippen molar-refractivity contribution in [2.24, 2.45) is 0 Å². The minimum absolute atomic E-state index is 0.249. The third kappa shape index (κ3) is 15.9. The van der Waals surface area contributed by atoms with Gasteiger partial charge in [-0.1, -0.05) is 288 Å². The lowest BCUT2D eigenvalue weighted by Crippen LogP contribution is -2.17. The first-order valence-electron chi connectivity index (χ1n) is 37.7. The summed E-state index contributed by atoms with van der Waals surface area (Å²) in [4.78, 5) is 0. The van der Waals surface area contributed by atoms with Crippen LogP contribution in [0.15, 0.2) is 200 Å². The van der Waals surface area contributed by atoms with Gasteiger partial charge < -0.3 is 28.4 Å². The molecule has 0 amide bonds. The summed E-state index contributed by atoms with van der Waals surface area (Å²) in [6.07, 6.45) is 3.06. The minimum Gasteiger partial charge on any atom is -0.496 e. The zero-order chi connectivity index (χ0) is 74.9. The Morgan fingerprint density at radius 3 is 0.514 bits per heavy atom. The molecular formula is C99H108O6. The number of rotatable bonds is 9. The predicted molar refractivity (Wildman–Crippen MR) is 439 cm³/mol. The molecule has 13 rings (SSSR count). The zero-order valence-electron chi connectivity index (χ0n) is 66.2. The van der Waals surface area contributed by atoms with Gasteiger partial charge in [0.2, 0.25) is 0 Å². The molecule has 0 atom stereocenters. The van der Waals surface area contributed by atoms with Crippen LogP contribution in [0.1, 0.15) is 225 Å². The number of methoxy groups -OCH3 is 3. The molecule has 12 aromatic carbocycles. The number of benzene rings is 12. The Morgan fingerprint density at radius 1 is 0.190 bits per heavy atom. The first-order valence-corrected chi connectivity index (χ1v) is 37.7. The summed E-state index contributed by atoms with van der Waals surface area (Å²) < 4.78 is 43.8. The van der Waals surface area contributed by atoms with Crippen molar-refractivity contribution < 1.29 is 28.4 Å². The molecule has 6 nitrogen and oxygen atoms in total. The molecule has 105 heavy (non-hydrogen) atoms. The van der Waals surface area contributed by atoms with Gasteiger partial charge in [-0.15, -0.1) is 0 Å². The van der Waals surface area contributed by atoms with Crippen LogP contribution in [0.4, 0.5) is 0 Å². The summed E-state index contributed by atoms with van der Waals surface area (Å²) in [5.41, 5.74) is 18.5. The zero-order valence-corrected chi connectivity index (χ0v) is 66.2. The molecule has 1 aliphatic rings. The van der Waals surface area contributed by atoms with Crippen molar-refractivity contribution in [3.05, 3.63) is 300 Å². The Kier molecular flexibility index (Phi) is 19.8. The van der Waals surface area contributed by atoms with E-state index >= 15 is 0 Å². The summed E-state index contributed by atoms with van der Waals surface area (Å²) in [6.45, 7) is 41.8. The fourth-order valence-electron chi connectivity index (χ4n) is 15.2. The van der Waals surface area contributed by atoms with Gasteiger partial charge in [0.25, 0.3) is 0 Å². The van der Waals surface area contributed by atoms with Crippen molar-refractivity contribution in [1.29, 1.82) is 0 Å². The molecule has 540 valence electrons. The molecule has 0 saturated carbocycles. The van der Waals surface area contributed by atoms with Crippen LogP contribution < -0.4 is 28.4 Å². The summed E-state index contributed by atoms with van der Waals surface area (Å²) in [6, 6.07) is 73.8. The van der Waals surface area contributed by atoms with Crippen LogP contribution >= 0.6 is 0 Å². The molecule has 0 heterocycles. The summed E-state index contributed by atoms with van der Waals surface area (Å²) in [5, 5.41) is 6.78. The second-order valence-corrected chi connectivity index (χ2v) is 35.7. The van der Waals surface area contributed by atoms with E-state index in [0.29, 0.717) is 38.5 Å². The summed E-state index contributed by atoms with van der Waals surface area (Å²) >= 11 is 0. The maximum Gasteiger partial charge on any atom is 0.134 e. The van der Waals surface area contributed by atoms with Crippen molar-refractivity contribution in [3.63, 3.8) is 0 Å². The Bertz CT molecular complexity index is 4620. The van der Waals surface area contributed by atoms with Crippen molar-refractivity contribution in [1.82, 2.24) is 0 Å². The molecular weight excluding hydrogens is 1290 g/mol. The first kappa shape index (κ1) is 73.5. The van der Waals surface area contributed by atoms with Gasteiger partial charge in [0, 0.05) is 38.5 Å². The van der Waals surface area contributed by atoms with E-state index in [1.165, 1.54) is 33.4 Å². The molecule has 0 radical (unpaired) electrons. The van der Waals surface area contributed by atoms with Crippen LogP contribution in [0.5, 0.6) is 51.7 Å². The lowest BCUT2D eigenvalue weighted by molar-refractivity contribution is 0.403. The third-order valence-electron chi connectivity index (χ3n) is 21.4. The lowest BCUT2D eigenvalue weighted by Gasteiger charge is -2.29. The molecule has 1 aliphatic carbocycles. The van der Waals surface area contributed by atoms with E-state index in [-0.39, 0.29) is 32.5 Å². The van der Waals surface area contributed by atoms with Gasteiger partial charge >= 0.3 is 0 Å². The van der Waals surface area contributed by atoms with E-state index in [4.69, 9.17) is 28.4 Å². The highest BCUT2D eigenvalue weighted by Crippen LogP contribution is 2.49. The van der Waals surface area contributed by atoms with Crippen LogP contribution in [0.3, 0.4) is 0 Å². The molecule has 0 N–H and O–H groups in total. The standard InChI is InChI=1S/C99H108O6/c1-94(2,3)79-46-67-40-73-52-82(97(10,11)12)54-75(91(73)103-85-37-34-61-28-22-25-31-64(61)58-85)42-69-48-80(95(4,5)6)50-71(89(69)101-20)44-77-56-84(99(16,17)18)57-78(93(77)105-87-39-36-63-30-24-27-33-66(63)60-87)45-72-51-81(96(7,8)9)49-70(90(72)102-21)43-76-55-83(98(13,14)15)53-74(41-68(47-79)88(67)100-19)92(76)104-86-38-35-62-29-23-26-32-65(62)59-86/h22-39,46-60H,40-45H2,1-21H3. The molecule has 0 fully saturated rings. The largest absolute Gasteiger partial charge is 0.496 e. The quantitative estimate of drug-likeness (QED) is 0.144. The molecule has 6 heteroatoms. The number of fused-ring (bicyclic) bond motifs is 15. The van der Waals surface area contributed by atoms with Crippen LogP contribution in [-0.4, -0.2) is 21.3 Å². The van der Waals surface area contributed by atoms with Crippen molar-refractivity contribution in [2.45, 2.75) is 196 Å². The smallest absolute Gasteiger partial charge is 0.134 e. The van der Waals surface area contributed by atoms with Crippen LogP contribution in [0.25, 0.3) is 32.3 Å². The van der Waals surface area contributed by atoms with Gasteiger partial charge in [0.1, 0.15) is 51.7 Å². The van der Waals surface area contributed by atoms with Gasteiger partial charge in [0.15, 0.2) is 0 Å². The Balaban J connectivity index is 1.16. The number of hydrogen-bond acceptors (Lipinski definition) is 6. The molecule has 0 saturated heterocycles. The van der Waals surface area contributed by atoms with E-state index in [1.54, 1.807) is 0 Å². The minimum atomic E-state index is -0.258. The second-order valence-electron chi connectivity index (χ2n) is 35.7. The number of hydrogen-bond donors (Lipinski definition) is 0. The topological polar surface area (TPSA) is 55.4 Å². The van der Waals surface area contributed by atoms with Crippen LogP contribution in [0.2, 0.25) is 0 Å². The number of ether oxygens (including phenoxy) is 6. The molecule has 12 bridgehead atoms. The Labute approximate surface area is 626 Å². The van der Waals surface area contributed by atoms with Crippen molar-refractivity contribution >= 4 is 32.3 Å². The van der Waals surface area contributed by atoms with E-state index in [1.807, 2.05) is 21.3 Å². The maximum absolute atomic E-state index is 7.65. The van der Waals surface area contributed by atoms with Crippen LogP contribution in [-0.2, 0) is 71.0 Å². The lowest BCUT2D eigenvalue weighted by atomic mass is 9.79. The highest BCUT2D eigenvalue weighted by Gasteiger charge is 2.32. The Morgan fingerprint density at radius 2 is 0.352 bits per heavy atom. The molecule has 12 aromatic rings. The Hall–Kier alpha value is -9.78. The highest BCUT2D eigenvalue weighted by molar-refractivity contribution is 5.86. The SMILES string of the molecule is COc1c2cc(C(C)(C)C)cc1Cc1cc(C(C)(C)C)cc(c1Oc1ccc3ccccc3c1)Cc1cc(C(C)(C)C)cc(c1OC)Cc1cc(C(C)(C)C)cc(c1Oc1ccc3ccccc3c1)Cc1cc(C(C)(C)C)cc(c1OC)Cc1cc(C(C)(C)C)cc(c1Oc1ccc3ccccc3c1)C2. The fraction of sp³-hybridized carbons (Fsp3) is 0.333. The molecule has 0 aliphatic heterocycles. The van der Waals surface area contributed by atoms with Gasteiger partial charge in [-0.2, -0.15) is 0 Å². The van der Waals surface area contributed by atoms with Gasteiger partial charge in [0.05, 0.1) is 21.3 Å². The first-order chi connectivity index (χ1) is 49.6. The van der Waals surface area contributed by atoms with E-state index in [2.05, 4.69) is 325 Å². The maximum atomic E-state index is 7.65. The predicted octanol–water partition coefficient (Wildman–Crippen LogP) is 26.2. The summed E-state index contributed by atoms with van der Waals surface area (Å²) in [5.74, 6) is 7.26. The monoisotopic (exact) mass is 1390 g/mol. The molecule has 0 spiro atoms. The second kappa shape index (κ2) is 28.3. The average molecular weight is 1390 g/mol. The average Bonchev–Trinajstić information content (AvgIpc) is 0.766. The van der Waals surface area contributed by atoms with Crippen LogP contribution in [0, 0.1) is 0 Å². The summed E-state index contributed by atoms with van der Waals surface area (Å²) in [7, 11) is 5.53. The van der Waals surface area contributed by atoms with Crippen molar-refractivity contribution in [3.8, 4) is 51.7 Å². The van der Waals surface area contributed by atoms with Crippen molar-refractivity contribution in [2.75, 3.05) is 21.3 Å². The van der Waals surface area contributed by atoms with E-state index in [9.17, 15) is 0 Å². The molecule has 0 unspecified atom stereocenters. The molecule has 0 aromatic heterocycles. The van der Waals surface area contributed by atoms with Gasteiger partial charge in [-0.25, -0.2) is 0 Å². The highest BCUT2D eigenvalue weighted by atomic mass is 16.5. The third-order valence-corrected chi connectivity index (χ3v) is 21.4.